The third kappa shape index (κ3) is 5.75. The quantitative estimate of drug-likeness (QED) is 0.313. The average Bonchev–Trinajstić information content (AvgIpc) is 2.72. The highest BCUT2D eigenvalue weighted by molar-refractivity contribution is 7.99. The van der Waals surface area contributed by atoms with Crippen LogP contribution in [0.25, 0.3) is 0 Å². The van der Waals surface area contributed by atoms with Crippen molar-refractivity contribution in [2.75, 3.05) is 22.1 Å². The van der Waals surface area contributed by atoms with E-state index in [1.54, 1.807) is 12.1 Å². The molecule has 0 saturated heterocycles. The second kappa shape index (κ2) is 9.82. The highest BCUT2D eigenvalue weighted by Crippen LogP contribution is 2.25. The van der Waals surface area contributed by atoms with Crippen LogP contribution in [0.1, 0.15) is 10.4 Å². The minimum Gasteiger partial charge on any atom is -0.382 e. The molecule has 31 heavy (non-hydrogen) atoms. The SMILES string of the molecule is Nc1nc(SCC(=O)Nc2ccc(Cl)c(Cl)c2)[nH]c(=O)c1NC(=O)c1ccccc1F. The predicted molar refractivity (Wildman–Crippen MR) is 119 cm³/mol. The number of H-pyrrole nitrogens is 1. The van der Waals surface area contributed by atoms with E-state index in [0.717, 1.165) is 17.8 Å². The maximum Gasteiger partial charge on any atom is 0.277 e. The molecule has 0 radical (unpaired) electrons. The third-order valence-corrected chi connectivity index (χ3v) is 5.44. The standard InChI is InChI=1S/C19H14Cl2FN5O3S/c20-11-6-5-9(7-12(11)21)24-14(28)8-31-19-26-16(23)15(18(30)27-19)25-17(29)10-3-1-2-4-13(10)22/h1-7H,8H2,(H,24,28)(H,25,29)(H3,23,26,27,30). The number of rotatable bonds is 6. The first kappa shape index (κ1) is 22.6. The fraction of sp³-hybridized carbons (Fsp3) is 0.0526. The van der Waals surface area contributed by atoms with Crippen LogP contribution in [0.15, 0.2) is 52.4 Å². The lowest BCUT2D eigenvalue weighted by molar-refractivity contribution is -0.113. The van der Waals surface area contributed by atoms with E-state index in [0.29, 0.717) is 15.7 Å². The van der Waals surface area contributed by atoms with Crippen molar-refractivity contribution in [1.29, 1.82) is 0 Å². The summed E-state index contributed by atoms with van der Waals surface area (Å²) in [6.45, 7) is 0. The normalized spacial score (nSPS) is 10.5. The molecule has 0 aliphatic rings. The van der Waals surface area contributed by atoms with Gasteiger partial charge in [0.25, 0.3) is 11.5 Å². The summed E-state index contributed by atoms with van der Waals surface area (Å²) in [6, 6.07) is 9.91. The third-order valence-electron chi connectivity index (χ3n) is 3.83. The zero-order valence-electron chi connectivity index (χ0n) is 15.5. The Bertz CT molecular complexity index is 1220. The van der Waals surface area contributed by atoms with Gasteiger partial charge in [-0.1, -0.05) is 47.1 Å². The monoisotopic (exact) mass is 481 g/mol. The number of aromatic nitrogens is 2. The summed E-state index contributed by atoms with van der Waals surface area (Å²) in [5, 5.41) is 5.58. The summed E-state index contributed by atoms with van der Waals surface area (Å²) in [5.41, 5.74) is 4.90. The van der Waals surface area contributed by atoms with E-state index >= 15 is 0 Å². The lowest BCUT2D eigenvalue weighted by Gasteiger charge is -2.09. The van der Waals surface area contributed by atoms with E-state index < -0.39 is 17.3 Å². The van der Waals surface area contributed by atoms with Gasteiger partial charge in [0.05, 0.1) is 21.4 Å². The Kier molecular flexibility index (Phi) is 7.16. The van der Waals surface area contributed by atoms with Gasteiger partial charge < -0.3 is 16.4 Å². The van der Waals surface area contributed by atoms with Crippen molar-refractivity contribution in [3.05, 3.63) is 74.2 Å². The number of hydrogen-bond donors (Lipinski definition) is 4. The minimum atomic E-state index is -0.849. The van der Waals surface area contributed by atoms with Crippen LogP contribution >= 0.6 is 35.0 Å². The molecule has 0 aliphatic carbocycles. The number of benzene rings is 2. The molecular formula is C19H14Cl2FN5O3S. The van der Waals surface area contributed by atoms with Gasteiger partial charge in [-0.25, -0.2) is 9.37 Å². The number of nitrogen functional groups attached to an aromatic ring is 1. The number of nitrogens with two attached hydrogens (primary N) is 1. The first-order valence-electron chi connectivity index (χ1n) is 8.58. The van der Waals surface area contributed by atoms with Gasteiger partial charge in [-0.2, -0.15) is 0 Å². The fourth-order valence-electron chi connectivity index (χ4n) is 2.39. The predicted octanol–water partition coefficient (Wildman–Crippen LogP) is 3.78. The van der Waals surface area contributed by atoms with Crippen LogP contribution in [-0.4, -0.2) is 27.5 Å². The van der Waals surface area contributed by atoms with Crippen LogP contribution < -0.4 is 21.9 Å². The molecular weight excluding hydrogens is 468 g/mol. The van der Waals surface area contributed by atoms with Gasteiger partial charge in [0.1, 0.15) is 11.5 Å². The number of nitrogens with one attached hydrogen (secondary N) is 3. The van der Waals surface area contributed by atoms with Crippen molar-refractivity contribution in [2.45, 2.75) is 5.16 Å². The molecule has 12 heteroatoms. The second-order valence-corrected chi connectivity index (χ2v) is 7.81. The highest BCUT2D eigenvalue weighted by Gasteiger charge is 2.17. The molecule has 0 spiro atoms. The van der Waals surface area contributed by atoms with Gasteiger partial charge >= 0.3 is 0 Å². The second-order valence-electron chi connectivity index (χ2n) is 6.03. The smallest absolute Gasteiger partial charge is 0.277 e. The van der Waals surface area contributed by atoms with Crippen molar-refractivity contribution in [3.63, 3.8) is 0 Å². The fourth-order valence-corrected chi connectivity index (χ4v) is 3.36. The molecule has 0 bridgehead atoms. The number of anilines is 3. The summed E-state index contributed by atoms with van der Waals surface area (Å²) < 4.78 is 13.7. The summed E-state index contributed by atoms with van der Waals surface area (Å²) in [4.78, 5) is 43.0. The maximum absolute atomic E-state index is 13.7. The number of hydrogen-bond acceptors (Lipinski definition) is 6. The molecule has 1 heterocycles. The van der Waals surface area contributed by atoms with Crippen LogP contribution in [0.3, 0.4) is 0 Å². The van der Waals surface area contributed by atoms with E-state index in [1.165, 1.54) is 24.3 Å². The molecule has 2 aromatic carbocycles. The molecule has 1 aromatic heterocycles. The number of nitrogens with zero attached hydrogens (tertiary/aromatic N) is 1. The summed E-state index contributed by atoms with van der Waals surface area (Å²) in [6.07, 6.45) is 0. The van der Waals surface area contributed by atoms with Gasteiger partial charge in [-0.3, -0.25) is 19.4 Å². The van der Waals surface area contributed by atoms with Gasteiger partial charge in [0.15, 0.2) is 11.0 Å². The Morgan fingerprint density at radius 1 is 1.13 bits per heavy atom. The van der Waals surface area contributed by atoms with E-state index in [1.807, 2.05) is 0 Å². The summed E-state index contributed by atoms with van der Waals surface area (Å²) >= 11 is 12.6. The molecule has 2 amide bonds. The van der Waals surface area contributed by atoms with Crippen molar-refractivity contribution < 1.29 is 14.0 Å². The number of aromatic amines is 1. The molecule has 5 N–H and O–H groups in total. The number of amides is 2. The van der Waals surface area contributed by atoms with Crippen LogP contribution in [0.4, 0.5) is 21.6 Å². The van der Waals surface area contributed by atoms with Crippen molar-refractivity contribution in [1.82, 2.24) is 9.97 Å². The molecule has 8 nitrogen and oxygen atoms in total. The lowest BCUT2D eigenvalue weighted by Crippen LogP contribution is -2.24. The van der Waals surface area contributed by atoms with E-state index in [-0.39, 0.29) is 33.9 Å². The Labute approximate surface area is 189 Å². The molecule has 0 atom stereocenters. The van der Waals surface area contributed by atoms with Crippen molar-refractivity contribution in [3.8, 4) is 0 Å². The average molecular weight is 482 g/mol. The molecule has 3 aromatic rings. The number of thioether (sulfide) groups is 1. The lowest BCUT2D eigenvalue weighted by atomic mass is 10.2. The van der Waals surface area contributed by atoms with Crippen molar-refractivity contribution >= 4 is 64.0 Å². The van der Waals surface area contributed by atoms with Gasteiger partial charge in [-0.15, -0.1) is 0 Å². The zero-order chi connectivity index (χ0) is 22.5. The largest absolute Gasteiger partial charge is 0.382 e. The van der Waals surface area contributed by atoms with Crippen LogP contribution in [0.5, 0.6) is 0 Å². The minimum absolute atomic E-state index is 0.0654. The number of halogens is 3. The molecule has 0 saturated carbocycles. The molecule has 0 aliphatic heterocycles. The van der Waals surface area contributed by atoms with Gasteiger partial charge in [0.2, 0.25) is 5.91 Å². The summed E-state index contributed by atoms with van der Waals surface area (Å²) in [7, 11) is 0. The zero-order valence-corrected chi connectivity index (χ0v) is 17.9. The molecule has 0 unspecified atom stereocenters. The van der Waals surface area contributed by atoms with E-state index in [4.69, 9.17) is 28.9 Å². The van der Waals surface area contributed by atoms with Crippen LogP contribution in [-0.2, 0) is 4.79 Å². The molecule has 0 fully saturated rings. The van der Waals surface area contributed by atoms with Crippen LogP contribution in [0.2, 0.25) is 10.0 Å². The Morgan fingerprint density at radius 2 is 1.87 bits per heavy atom. The summed E-state index contributed by atoms with van der Waals surface area (Å²) in [5.74, 6) is -2.35. The van der Waals surface area contributed by atoms with E-state index in [2.05, 4.69) is 20.6 Å². The van der Waals surface area contributed by atoms with Crippen molar-refractivity contribution in [2.24, 2.45) is 0 Å². The maximum atomic E-state index is 13.7. The first-order valence-corrected chi connectivity index (χ1v) is 10.3. The van der Waals surface area contributed by atoms with E-state index in [9.17, 15) is 18.8 Å². The molecule has 3 rings (SSSR count). The first-order chi connectivity index (χ1) is 14.7. The highest BCUT2D eigenvalue weighted by atomic mass is 35.5. The Balaban J connectivity index is 1.65. The topological polar surface area (TPSA) is 130 Å². The number of carbonyl (C=O) groups excluding carboxylic acids is 2. The van der Waals surface area contributed by atoms with Crippen LogP contribution in [0, 0.1) is 5.82 Å². The number of carbonyl (C=O) groups is 2. The van der Waals surface area contributed by atoms with Gasteiger partial charge in [-0.05, 0) is 30.3 Å². The molecule has 160 valence electrons. The van der Waals surface area contributed by atoms with Gasteiger partial charge in [0, 0.05) is 5.69 Å². The Morgan fingerprint density at radius 3 is 2.55 bits per heavy atom. The Hall–Kier alpha value is -3.08.